The highest BCUT2D eigenvalue weighted by atomic mass is 32.2. The van der Waals surface area contributed by atoms with Gasteiger partial charge in [0.2, 0.25) is 0 Å². The molecule has 0 spiro atoms. The summed E-state index contributed by atoms with van der Waals surface area (Å²) in [7, 11) is -3.68. The van der Waals surface area contributed by atoms with Gasteiger partial charge in [-0.05, 0) is 28.5 Å². The molecule has 0 saturated carbocycles. The highest BCUT2D eigenvalue weighted by Gasteiger charge is 2.12. The van der Waals surface area contributed by atoms with Crippen molar-refractivity contribution < 1.29 is 8.42 Å². The van der Waals surface area contributed by atoms with Crippen LogP contribution in [-0.4, -0.2) is 14.6 Å². The van der Waals surface area contributed by atoms with E-state index in [1.165, 1.54) is 6.21 Å². The number of benzene rings is 3. The minimum Gasteiger partial charge on any atom is -0.199 e. The first-order valence-corrected chi connectivity index (χ1v) is 7.93. The van der Waals surface area contributed by atoms with Gasteiger partial charge in [0.15, 0.2) is 0 Å². The molecule has 0 saturated heterocycles. The third-order valence-corrected chi connectivity index (χ3v) is 4.39. The molecule has 0 aliphatic heterocycles. The van der Waals surface area contributed by atoms with E-state index in [-0.39, 0.29) is 4.90 Å². The number of hydrogen-bond acceptors (Lipinski definition) is 2. The Labute approximate surface area is 123 Å². The van der Waals surface area contributed by atoms with Gasteiger partial charge in [-0.25, -0.2) is 0 Å². The quantitative estimate of drug-likeness (QED) is 0.692. The van der Waals surface area contributed by atoms with Crippen LogP contribution in [0.2, 0.25) is 0 Å². The standard InChI is InChI=1S/C17H13NO2S/c19-21(20,18-13-14-6-2-1-3-7-14)17-11-10-15-8-4-5-9-16(15)12-17/h1-13H/b18-13+. The molecule has 0 unspecified atom stereocenters. The molecule has 21 heavy (non-hydrogen) atoms. The summed E-state index contributed by atoms with van der Waals surface area (Å²) in [6.07, 6.45) is 1.37. The summed E-state index contributed by atoms with van der Waals surface area (Å²) in [5.41, 5.74) is 0.752. The van der Waals surface area contributed by atoms with Gasteiger partial charge in [0.1, 0.15) is 0 Å². The lowest BCUT2D eigenvalue weighted by molar-refractivity contribution is 0.598. The molecule has 0 N–H and O–H groups in total. The van der Waals surface area contributed by atoms with Gasteiger partial charge in [-0.1, -0.05) is 60.7 Å². The van der Waals surface area contributed by atoms with E-state index in [2.05, 4.69) is 4.40 Å². The van der Waals surface area contributed by atoms with Crippen molar-refractivity contribution >= 4 is 27.0 Å². The molecule has 0 atom stereocenters. The molecule has 0 aliphatic rings. The predicted octanol–water partition coefficient (Wildman–Crippen LogP) is 3.65. The Bertz CT molecular complexity index is 900. The van der Waals surface area contributed by atoms with Gasteiger partial charge in [0.25, 0.3) is 10.0 Å². The van der Waals surface area contributed by atoms with Crippen LogP contribution >= 0.6 is 0 Å². The minimum absolute atomic E-state index is 0.202. The van der Waals surface area contributed by atoms with E-state index in [9.17, 15) is 8.42 Å². The summed E-state index contributed by atoms with van der Waals surface area (Å²) in [6.45, 7) is 0. The van der Waals surface area contributed by atoms with E-state index in [4.69, 9.17) is 0 Å². The third-order valence-electron chi connectivity index (χ3n) is 3.16. The molecule has 3 aromatic rings. The van der Waals surface area contributed by atoms with E-state index < -0.39 is 10.0 Å². The van der Waals surface area contributed by atoms with Crippen LogP contribution in [0.1, 0.15) is 5.56 Å². The van der Waals surface area contributed by atoms with Crippen molar-refractivity contribution in [3.8, 4) is 0 Å². The average Bonchev–Trinajstić information content (AvgIpc) is 2.53. The molecule has 3 nitrogen and oxygen atoms in total. The van der Waals surface area contributed by atoms with Crippen molar-refractivity contribution in [2.45, 2.75) is 4.90 Å². The van der Waals surface area contributed by atoms with Crippen LogP contribution < -0.4 is 0 Å². The van der Waals surface area contributed by atoms with Crippen LogP contribution in [0.4, 0.5) is 0 Å². The minimum atomic E-state index is -3.68. The van der Waals surface area contributed by atoms with Crippen molar-refractivity contribution in [2.75, 3.05) is 0 Å². The van der Waals surface area contributed by atoms with E-state index >= 15 is 0 Å². The summed E-state index contributed by atoms with van der Waals surface area (Å²) < 4.78 is 28.3. The molecule has 0 radical (unpaired) electrons. The average molecular weight is 295 g/mol. The molecular formula is C17H13NO2S. The highest BCUT2D eigenvalue weighted by molar-refractivity contribution is 7.90. The molecule has 4 heteroatoms. The lowest BCUT2D eigenvalue weighted by atomic mass is 10.1. The number of nitrogens with zero attached hydrogens (tertiary/aromatic N) is 1. The Kier molecular flexibility index (Phi) is 3.54. The summed E-state index contributed by atoms with van der Waals surface area (Å²) in [4.78, 5) is 0.202. The molecule has 0 bridgehead atoms. The van der Waals surface area contributed by atoms with E-state index in [1.54, 1.807) is 30.3 Å². The van der Waals surface area contributed by atoms with E-state index in [1.807, 2.05) is 42.5 Å². The van der Waals surface area contributed by atoms with Gasteiger partial charge in [-0.2, -0.15) is 12.8 Å². The SMILES string of the molecule is O=S(=O)(/N=C/c1ccccc1)c1ccc2ccccc2c1. The predicted molar refractivity (Wildman–Crippen MR) is 85.2 cm³/mol. The zero-order valence-corrected chi connectivity index (χ0v) is 12.0. The Hall–Kier alpha value is -2.46. The molecule has 3 rings (SSSR count). The molecule has 104 valence electrons. The van der Waals surface area contributed by atoms with Gasteiger partial charge in [0.05, 0.1) is 4.90 Å². The molecule has 0 aliphatic carbocycles. The van der Waals surface area contributed by atoms with Gasteiger partial charge in [-0.3, -0.25) is 0 Å². The number of hydrogen-bond donors (Lipinski definition) is 0. The van der Waals surface area contributed by atoms with Crippen LogP contribution in [0, 0.1) is 0 Å². The summed E-state index contributed by atoms with van der Waals surface area (Å²) in [6, 6.07) is 21.8. The second kappa shape index (κ2) is 5.50. The summed E-state index contributed by atoms with van der Waals surface area (Å²) >= 11 is 0. The Morgan fingerprint density at radius 2 is 1.43 bits per heavy atom. The lowest BCUT2D eigenvalue weighted by Gasteiger charge is -2.01. The number of fused-ring (bicyclic) bond motifs is 1. The summed E-state index contributed by atoms with van der Waals surface area (Å²) in [5.74, 6) is 0. The smallest absolute Gasteiger partial charge is 0.199 e. The van der Waals surface area contributed by atoms with Crippen LogP contribution in [0.25, 0.3) is 10.8 Å². The van der Waals surface area contributed by atoms with Crippen molar-refractivity contribution in [3.05, 3.63) is 78.4 Å². The maximum absolute atomic E-state index is 12.3. The molecule has 0 aromatic heterocycles. The zero-order valence-electron chi connectivity index (χ0n) is 11.2. The Morgan fingerprint density at radius 3 is 2.19 bits per heavy atom. The Balaban J connectivity index is 1.98. The lowest BCUT2D eigenvalue weighted by Crippen LogP contribution is -1.97. The maximum atomic E-state index is 12.3. The topological polar surface area (TPSA) is 46.5 Å². The molecular weight excluding hydrogens is 282 g/mol. The van der Waals surface area contributed by atoms with Crippen molar-refractivity contribution in [3.63, 3.8) is 0 Å². The second-order valence-electron chi connectivity index (χ2n) is 4.63. The van der Waals surface area contributed by atoms with Gasteiger partial charge in [-0.15, -0.1) is 0 Å². The van der Waals surface area contributed by atoms with E-state index in [0.29, 0.717) is 0 Å². The molecule has 3 aromatic carbocycles. The van der Waals surface area contributed by atoms with Crippen LogP contribution in [0.3, 0.4) is 0 Å². The largest absolute Gasteiger partial charge is 0.282 e. The maximum Gasteiger partial charge on any atom is 0.282 e. The molecule has 0 amide bonds. The van der Waals surface area contributed by atoms with E-state index in [0.717, 1.165) is 16.3 Å². The number of rotatable bonds is 3. The first-order chi connectivity index (χ1) is 10.1. The van der Waals surface area contributed by atoms with Gasteiger partial charge in [0, 0.05) is 6.21 Å². The second-order valence-corrected chi connectivity index (χ2v) is 6.26. The van der Waals surface area contributed by atoms with Crippen molar-refractivity contribution in [1.82, 2.24) is 0 Å². The molecule has 0 heterocycles. The van der Waals surface area contributed by atoms with Crippen LogP contribution in [0.15, 0.2) is 82.1 Å². The fraction of sp³-hybridized carbons (Fsp3) is 0. The first-order valence-electron chi connectivity index (χ1n) is 6.49. The fourth-order valence-corrected chi connectivity index (χ4v) is 2.96. The zero-order chi connectivity index (χ0) is 14.7. The normalized spacial score (nSPS) is 12.0. The fourth-order valence-electron chi connectivity index (χ4n) is 2.06. The van der Waals surface area contributed by atoms with Crippen LogP contribution in [0.5, 0.6) is 0 Å². The van der Waals surface area contributed by atoms with Gasteiger partial charge < -0.3 is 0 Å². The third kappa shape index (κ3) is 3.01. The Morgan fingerprint density at radius 1 is 0.762 bits per heavy atom. The monoisotopic (exact) mass is 295 g/mol. The number of sulfonamides is 1. The van der Waals surface area contributed by atoms with Gasteiger partial charge >= 0.3 is 0 Å². The van der Waals surface area contributed by atoms with Crippen LogP contribution in [-0.2, 0) is 10.0 Å². The van der Waals surface area contributed by atoms with Crippen molar-refractivity contribution in [2.24, 2.45) is 4.40 Å². The highest BCUT2D eigenvalue weighted by Crippen LogP contribution is 2.20. The van der Waals surface area contributed by atoms with Crippen molar-refractivity contribution in [1.29, 1.82) is 0 Å². The first kappa shape index (κ1) is 13.5. The molecule has 0 fully saturated rings. The summed E-state index contributed by atoms with van der Waals surface area (Å²) in [5, 5.41) is 1.89.